The fourth-order valence-corrected chi connectivity index (χ4v) is 4.75. The molecule has 0 aliphatic heterocycles. The van der Waals surface area contributed by atoms with Crippen LogP contribution >= 0.6 is 15.9 Å². The lowest BCUT2D eigenvalue weighted by molar-refractivity contribution is -0.140. The molecule has 0 saturated heterocycles. The van der Waals surface area contributed by atoms with Gasteiger partial charge in [-0.05, 0) is 81.2 Å². The van der Waals surface area contributed by atoms with Crippen LogP contribution in [0.15, 0.2) is 89.4 Å². The average Bonchev–Trinajstić information content (AvgIpc) is 2.89. The number of rotatable bonds is 6. The molecule has 0 bridgehead atoms. The molecule has 4 aromatic carbocycles. The van der Waals surface area contributed by atoms with Crippen molar-refractivity contribution in [3.05, 3.63) is 140 Å². The van der Waals surface area contributed by atoms with Gasteiger partial charge in [-0.15, -0.1) is 0 Å². The summed E-state index contributed by atoms with van der Waals surface area (Å²) in [6, 6.07) is 14.2. The first-order chi connectivity index (χ1) is 19.1. The summed E-state index contributed by atoms with van der Waals surface area (Å²) in [5.41, 5.74) is -5.96. The van der Waals surface area contributed by atoms with Gasteiger partial charge in [0.25, 0.3) is 5.91 Å². The lowest BCUT2D eigenvalue weighted by atomic mass is 9.77. The first kappa shape index (κ1) is 30.2. The number of benzene rings is 4. The minimum absolute atomic E-state index is 0.0279. The van der Waals surface area contributed by atoms with E-state index in [1.165, 1.54) is 0 Å². The van der Waals surface area contributed by atoms with E-state index in [9.17, 15) is 44.3 Å². The SMILES string of the molecule is O=C(N[C@@](Cc1ccccc1)(c1cc(F)cc(C(F)(F)F)c1)c1ccc(F)c(Br)c1)c1ccc(F)c(C(F)(F)F)c1. The van der Waals surface area contributed by atoms with Gasteiger partial charge in [-0.2, -0.15) is 26.3 Å². The summed E-state index contributed by atoms with van der Waals surface area (Å²) in [6.07, 6.45) is -10.5. The van der Waals surface area contributed by atoms with Gasteiger partial charge in [-0.3, -0.25) is 4.79 Å². The van der Waals surface area contributed by atoms with E-state index in [1.807, 2.05) is 0 Å². The molecule has 0 unspecified atom stereocenters. The molecule has 214 valence electrons. The predicted octanol–water partition coefficient (Wildman–Crippen LogP) is 8.82. The van der Waals surface area contributed by atoms with Crippen molar-refractivity contribution in [3.8, 4) is 0 Å². The number of nitrogens with one attached hydrogen (secondary N) is 1. The zero-order chi connectivity index (χ0) is 30.2. The fourth-order valence-electron chi connectivity index (χ4n) is 4.37. The quantitative estimate of drug-likeness (QED) is 0.209. The Morgan fingerprint density at radius 3 is 1.93 bits per heavy atom. The summed E-state index contributed by atoms with van der Waals surface area (Å²) in [6.45, 7) is 0. The van der Waals surface area contributed by atoms with Crippen LogP contribution in [0.5, 0.6) is 0 Å². The first-order valence-corrected chi connectivity index (χ1v) is 12.5. The second-order valence-corrected chi connectivity index (χ2v) is 9.92. The standard InChI is InChI=1S/C29H17BrF9NO/c30-23-14-18(7-9-25(23)33)27(15-16-4-2-1-3-5-16,19-11-20(28(34,35)36)13-21(31)12-19)40-26(41)17-6-8-24(32)22(10-17)29(37,38)39/h1-14H,15H2,(H,40,41)/t27-/m1/s1. The molecule has 1 amide bonds. The summed E-state index contributed by atoms with van der Waals surface area (Å²) < 4.78 is 124. The number of amides is 1. The fraction of sp³-hybridized carbons (Fsp3) is 0.138. The van der Waals surface area contributed by atoms with Gasteiger partial charge >= 0.3 is 12.4 Å². The molecule has 2 nitrogen and oxygen atoms in total. The zero-order valence-electron chi connectivity index (χ0n) is 20.5. The van der Waals surface area contributed by atoms with Crippen molar-refractivity contribution in [2.24, 2.45) is 0 Å². The predicted molar refractivity (Wildman–Crippen MR) is 135 cm³/mol. The Hall–Kier alpha value is -3.80. The van der Waals surface area contributed by atoms with Crippen molar-refractivity contribution >= 4 is 21.8 Å². The third-order valence-electron chi connectivity index (χ3n) is 6.30. The molecule has 0 spiro atoms. The third kappa shape index (κ3) is 6.58. The maximum absolute atomic E-state index is 14.7. The van der Waals surface area contributed by atoms with Gasteiger partial charge in [0.1, 0.15) is 17.5 Å². The Morgan fingerprint density at radius 2 is 1.32 bits per heavy atom. The molecule has 0 heterocycles. The topological polar surface area (TPSA) is 29.1 Å². The van der Waals surface area contributed by atoms with Crippen LogP contribution in [-0.2, 0) is 24.3 Å². The Bertz CT molecular complexity index is 1590. The van der Waals surface area contributed by atoms with E-state index in [0.717, 1.165) is 30.3 Å². The van der Waals surface area contributed by atoms with Gasteiger partial charge in [0.05, 0.1) is 21.1 Å². The zero-order valence-corrected chi connectivity index (χ0v) is 22.1. The van der Waals surface area contributed by atoms with Gasteiger partial charge in [0.15, 0.2) is 0 Å². The van der Waals surface area contributed by atoms with Crippen molar-refractivity contribution in [2.75, 3.05) is 0 Å². The molecule has 0 aliphatic rings. The van der Waals surface area contributed by atoms with Gasteiger partial charge < -0.3 is 5.32 Å². The number of hydrogen-bond donors (Lipinski definition) is 1. The molecule has 41 heavy (non-hydrogen) atoms. The molecule has 4 rings (SSSR count). The molecule has 0 radical (unpaired) electrons. The molecule has 0 saturated carbocycles. The highest BCUT2D eigenvalue weighted by atomic mass is 79.9. The van der Waals surface area contributed by atoms with Crippen LogP contribution < -0.4 is 5.32 Å². The normalized spacial score (nSPS) is 13.5. The lowest BCUT2D eigenvalue weighted by Crippen LogP contribution is -2.49. The molecular formula is C29H17BrF9NO. The second kappa shape index (κ2) is 11.2. The molecule has 0 fully saturated rings. The molecule has 4 aromatic rings. The van der Waals surface area contributed by atoms with E-state index in [1.54, 1.807) is 30.3 Å². The van der Waals surface area contributed by atoms with Crippen LogP contribution in [0.4, 0.5) is 39.5 Å². The Balaban J connectivity index is 2.01. The van der Waals surface area contributed by atoms with E-state index in [-0.39, 0.29) is 28.6 Å². The first-order valence-electron chi connectivity index (χ1n) is 11.7. The Morgan fingerprint density at radius 1 is 0.683 bits per heavy atom. The largest absolute Gasteiger partial charge is 0.419 e. The third-order valence-corrected chi connectivity index (χ3v) is 6.91. The van der Waals surface area contributed by atoms with Crippen molar-refractivity contribution in [1.29, 1.82) is 0 Å². The molecule has 1 N–H and O–H groups in total. The summed E-state index contributed by atoms with van der Waals surface area (Å²) in [7, 11) is 0. The highest BCUT2D eigenvalue weighted by molar-refractivity contribution is 9.10. The number of carbonyl (C=O) groups is 1. The number of hydrogen-bond acceptors (Lipinski definition) is 1. The smallest absolute Gasteiger partial charge is 0.338 e. The lowest BCUT2D eigenvalue weighted by Gasteiger charge is -2.37. The number of carbonyl (C=O) groups excluding carboxylic acids is 1. The van der Waals surface area contributed by atoms with Gasteiger partial charge in [0, 0.05) is 12.0 Å². The molecule has 0 aromatic heterocycles. The van der Waals surface area contributed by atoms with E-state index in [4.69, 9.17) is 0 Å². The van der Waals surface area contributed by atoms with Crippen molar-refractivity contribution in [1.82, 2.24) is 5.32 Å². The van der Waals surface area contributed by atoms with Gasteiger partial charge in [0.2, 0.25) is 0 Å². The molecule has 0 aliphatic carbocycles. The summed E-state index contributed by atoms with van der Waals surface area (Å²) >= 11 is 3.00. The van der Waals surface area contributed by atoms with E-state index in [2.05, 4.69) is 21.2 Å². The van der Waals surface area contributed by atoms with Gasteiger partial charge in [-0.25, -0.2) is 13.2 Å². The Kier molecular flexibility index (Phi) is 8.26. The van der Waals surface area contributed by atoms with Crippen LogP contribution in [0.3, 0.4) is 0 Å². The van der Waals surface area contributed by atoms with Crippen molar-refractivity contribution in [2.45, 2.75) is 24.3 Å². The molecular weight excluding hydrogens is 629 g/mol. The van der Waals surface area contributed by atoms with Gasteiger partial charge in [-0.1, -0.05) is 36.4 Å². The van der Waals surface area contributed by atoms with Crippen LogP contribution in [-0.4, -0.2) is 5.91 Å². The highest BCUT2D eigenvalue weighted by Crippen LogP contribution is 2.40. The van der Waals surface area contributed by atoms with Crippen molar-refractivity contribution < 1.29 is 44.3 Å². The van der Waals surface area contributed by atoms with E-state index < -0.39 is 63.5 Å². The average molecular weight is 646 g/mol. The Labute approximate surface area is 235 Å². The van der Waals surface area contributed by atoms with Crippen LogP contribution in [0.2, 0.25) is 0 Å². The summed E-state index contributed by atoms with van der Waals surface area (Å²) in [5.74, 6) is -4.97. The van der Waals surface area contributed by atoms with Crippen LogP contribution in [0.25, 0.3) is 0 Å². The van der Waals surface area contributed by atoms with Crippen LogP contribution in [0.1, 0.15) is 38.2 Å². The van der Waals surface area contributed by atoms with E-state index >= 15 is 0 Å². The maximum Gasteiger partial charge on any atom is 0.419 e. The van der Waals surface area contributed by atoms with E-state index in [0.29, 0.717) is 17.7 Å². The highest BCUT2D eigenvalue weighted by Gasteiger charge is 2.41. The summed E-state index contributed by atoms with van der Waals surface area (Å²) in [4.78, 5) is 13.5. The van der Waals surface area contributed by atoms with Crippen molar-refractivity contribution in [3.63, 3.8) is 0 Å². The number of halogens is 10. The summed E-state index contributed by atoms with van der Waals surface area (Å²) in [5, 5.41) is 2.47. The minimum atomic E-state index is -5.16. The minimum Gasteiger partial charge on any atom is -0.338 e. The van der Waals surface area contributed by atoms with Crippen LogP contribution in [0, 0.1) is 17.5 Å². The second-order valence-electron chi connectivity index (χ2n) is 9.07. The molecule has 12 heteroatoms. The monoisotopic (exact) mass is 645 g/mol. The maximum atomic E-state index is 14.7. The number of alkyl halides is 6. The molecule has 1 atom stereocenters.